The lowest BCUT2D eigenvalue weighted by atomic mass is 10.1. The Bertz CT molecular complexity index is 818. The average Bonchev–Trinajstić information content (AvgIpc) is 2.87. The number of aromatic amines is 1. The zero-order valence-corrected chi connectivity index (χ0v) is 11.3. The van der Waals surface area contributed by atoms with Gasteiger partial charge in [-0.3, -0.25) is 9.78 Å². The monoisotopic (exact) mass is 282 g/mol. The molecule has 106 valence electrons. The van der Waals surface area contributed by atoms with Gasteiger partial charge in [-0.05, 0) is 36.2 Å². The second kappa shape index (κ2) is 5.66. The zero-order valence-electron chi connectivity index (χ0n) is 11.3. The van der Waals surface area contributed by atoms with Crippen molar-refractivity contribution in [3.05, 3.63) is 70.2 Å². The van der Waals surface area contributed by atoms with E-state index < -0.39 is 5.76 Å². The van der Waals surface area contributed by atoms with Gasteiger partial charge in [0, 0.05) is 12.1 Å². The van der Waals surface area contributed by atoms with Crippen molar-refractivity contribution in [1.82, 2.24) is 10.3 Å². The first-order valence-corrected chi connectivity index (χ1v) is 6.67. The lowest BCUT2D eigenvalue weighted by molar-refractivity contribution is 0.0954. The van der Waals surface area contributed by atoms with Gasteiger partial charge in [0.25, 0.3) is 5.91 Å². The number of hydrogen-bond donors (Lipinski definition) is 2. The normalized spacial score (nSPS) is 10.7. The number of carbonyl (C=O) groups excluding carboxylic acids is 1. The number of oxazole rings is 1. The molecular formula is C16H14N2O3. The SMILES string of the molecule is O=C(NCCc1ccc2[nH]c(=O)oc2c1)c1ccccc1. The maximum atomic E-state index is 11.9. The first kappa shape index (κ1) is 13.2. The van der Waals surface area contributed by atoms with Crippen LogP contribution >= 0.6 is 0 Å². The van der Waals surface area contributed by atoms with Crippen LogP contribution in [0.3, 0.4) is 0 Å². The minimum absolute atomic E-state index is 0.0927. The minimum Gasteiger partial charge on any atom is -0.408 e. The van der Waals surface area contributed by atoms with Crippen molar-refractivity contribution in [1.29, 1.82) is 0 Å². The van der Waals surface area contributed by atoms with Gasteiger partial charge in [-0.2, -0.15) is 0 Å². The number of carbonyl (C=O) groups is 1. The molecule has 1 amide bonds. The number of nitrogens with one attached hydrogen (secondary N) is 2. The van der Waals surface area contributed by atoms with Crippen LogP contribution in [0.5, 0.6) is 0 Å². The number of H-pyrrole nitrogens is 1. The molecule has 0 aliphatic heterocycles. The third kappa shape index (κ3) is 3.02. The maximum absolute atomic E-state index is 11.9. The van der Waals surface area contributed by atoms with Gasteiger partial charge in [0.15, 0.2) is 5.58 Å². The van der Waals surface area contributed by atoms with Gasteiger partial charge in [0.1, 0.15) is 0 Å². The van der Waals surface area contributed by atoms with E-state index in [2.05, 4.69) is 10.3 Å². The summed E-state index contributed by atoms with van der Waals surface area (Å²) in [5.74, 6) is -0.551. The topological polar surface area (TPSA) is 75.1 Å². The van der Waals surface area contributed by atoms with Crippen molar-refractivity contribution in [3.8, 4) is 0 Å². The number of benzene rings is 2. The van der Waals surface area contributed by atoms with Crippen LogP contribution in [-0.2, 0) is 6.42 Å². The highest BCUT2D eigenvalue weighted by molar-refractivity contribution is 5.94. The lowest BCUT2D eigenvalue weighted by Gasteiger charge is -2.05. The van der Waals surface area contributed by atoms with Gasteiger partial charge in [-0.25, -0.2) is 4.79 Å². The van der Waals surface area contributed by atoms with Crippen LogP contribution in [0.1, 0.15) is 15.9 Å². The van der Waals surface area contributed by atoms with Crippen molar-refractivity contribution in [3.63, 3.8) is 0 Å². The molecule has 0 radical (unpaired) electrons. The molecule has 0 unspecified atom stereocenters. The minimum atomic E-state index is -0.459. The van der Waals surface area contributed by atoms with Gasteiger partial charge >= 0.3 is 5.76 Å². The molecule has 0 saturated carbocycles. The molecule has 21 heavy (non-hydrogen) atoms. The van der Waals surface area contributed by atoms with E-state index in [1.54, 1.807) is 18.2 Å². The van der Waals surface area contributed by atoms with Crippen molar-refractivity contribution in [2.24, 2.45) is 0 Å². The summed E-state index contributed by atoms with van der Waals surface area (Å²) < 4.78 is 5.01. The predicted octanol–water partition coefficient (Wildman–Crippen LogP) is 2.09. The van der Waals surface area contributed by atoms with E-state index >= 15 is 0 Å². The van der Waals surface area contributed by atoms with Gasteiger partial charge in [-0.1, -0.05) is 24.3 Å². The number of rotatable bonds is 4. The van der Waals surface area contributed by atoms with Crippen LogP contribution in [0.25, 0.3) is 11.1 Å². The Morgan fingerprint density at radius 3 is 2.76 bits per heavy atom. The molecule has 1 heterocycles. The molecule has 0 saturated heterocycles. The highest BCUT2D eigenvalue weighted by atomic mass is 16.4. The van der Waals surface area contributed by atoms with E-state index in [-0.39, 0.29) is 5.91 Å². The van der Waals surface area contributed by atoms with Crippen LogP contribution in [0.15, 0.2) is 57.7 Å². The highest BCUT2D eigenvalue weighted by Crippen LogP contribution is 2.12. The summed E-state index contributed by atoms with van der Waals surface area (Å²) in [6, 6.07) is 14.6. The van der Waals surface area contributed by atoms with Crippen LogP contribution < -0.4 is 11.1 Å². The summed E-state index contributed by atoms with van der Waals surface area (Å²) in [5, 5.41) is 2.86. The molecular weight excluding hydrogens is 268 g/mol. The van der Waals surface area contributed by atoms with Crippen LogP contribution in [0.2, 0.25) is 0 Å². The molecule has 0 aliphatic rings. The van der Waals surface area contributed by atoms with Gasteiger partial charge in [0.2, 0.25) is 0 Å². The standard InChI is InChI=1S/C16H14N2O3/c19-15(12-4-2-1-3-5-12)17-9-8-11-6-7-13-14(10-11)21-16(20)18-13/h1-7,10H,8-9H2,(H,17,19)(H,18,20). The van der Waals surface area contributed by atoms with Crippen LogP contribution in [0.4, 0.5) is 0 Å². The number of amides is 1. The van der Waals surface area contributed by atoms with E-state index in [9.17, 15) is 9.59 Å². The third-order valence-corrected chi connectivity index (χ3v) is 3.22. The Morgan fingerprint density at radius 2 is 1.95 bits per heavy atom. The van der Waals surface area contributed by atoms with Crippen molar-refractivity contribution >= 4 is 17.0 Å². The molecule has 0 spiro atoms. The first-order chi connectivity index (χ1) is 10.2. The van der Waals surface area contributed by atoms with Gasteiger partial charge in [-0.15, -0.1) is 0 Å². The summed E-state index contributed by atoms with van der Waals surface area (Å²) in [4.78, 5) is 25.5. The second-order valence-corrected chi connectivity index (χ2v) is 4.72. The van der Waals surface area contributed by atoms with E-state index in [0.717, 1.165) is 5.56 Å². The Morgan fingerprint density at radius 1 is 1.14 bits per heavy atom. The van der Waals surface area contributed by atoms with Crippen molar-refractivity contribution < 1.29 is 9.21 Å². The summed E-state index contributed by atoms with van der Waals surface area (Å²) in [7, 11) is 0. The lowest BCUT2D eigenvalue weighted by Crippen LogP contribution is -2.25. The van der Waals surface area contributed by atoms with Gasteiger partial charge < -0.3 is 9.73 Å². The largest absolute Gasteiger partial charge is 0.417 e. The van der Waals surface area contributed by atoms with Crippen LogP contribution in [-0.4, -0.2) is 17.4 Å². The van der Waals surface area contributed by atoms with Gasteiger partial charge in [0.05, 0.1) is 5.52 Å². The quantitative estimate of drug-likeness (QED) is 0.769. The number of aromatic nitrogens is 1. The van der Waals surface area contributed by atoms with E-state index in [4.69, 9.17) is 4.42 Å². The molecule has 2 N–H and O–H groups in total. The fourth-order valence-electron chi connectivity index (χ4n) is 2.16. The Hall–Kier alpha value is -2.82. The summed E-state index contributed by atoms with van der Waals surface area (Å²) in [5.41, 5.74) is 2.85. The molecule has 0 fully saturated rings. The Kier molecular flexibility index (Phi) is 3.55. The van der Waals surface area contributed by atoms with Crippen molar-refractivity contribution in [2.75, 3.05) is 6.54 Å². The molecule has 0 bridgehead atoms. The first-order valence-electron chi connectivity index (χ1n) is 6.67. The Balaban J connectivity index is 1.61. The predicted molar refractivity (Wildman–Crippen MR) is 79.3 cm³/mol. The molecule has 2 aromatic carbocycles. The summed E-state index contributed by atoms with van der Waals surface area (Å²) in [6.45, 7) is 0.522. The fourth-order valence-corrected chi connectivity index (χ4v) is 2.16. The molecule has 5 nitrogen and oxygen atoms in total. The molecule has 3 rings (SSSR count). The Labute approximate surface area is 120 Å². The molecule has 3 aromatic rings. The average molecular weight is 282 g/mol. The number of fused-ring (bicyclic) bond motifs is 1. The van der Waals surface area contributed by atoms with E-state index in [1.165, 1.54) is 0 Å². The zero-order chi connectivity index (χ0) is 14.7. The summed E-state index contributed by atoms with van der Waals surface area (Å²) >= 11 is 0. The molecule has 0 atom stereocenters. The van der Waals surface area contributed by atoms with E-state index in [1.807, 2.05) is 30.3 Å². The fraction of sp³-hybridized carbons (Fsp3) is 0.125. The van der Waals surface area contributed by atoms with E-state index in [0.29, 0.717) is 29.6 Å². The molecule has 5 heteroatoms. The summed E-state index contributed by atoms with van der Waals surface area (Å²) in [6.07, 6.45) is 0.670. The van der Waals surface area contributed by atoms with Crippen LogP contribution in [0, 0.1) is 0 Å². The number of hydrogen-bond acceptors (Lipinski definition) is 3. The third-order valence-electron chi connectivity index (χ3n) is 3.22. The maximum Gasteiger partial charge on any atom is 0.417 e. The van der Waals surface area contributed by atoms with Crippen molar-refractivity contribution in [2.45, 2.75) is 6.42 Å². The molecule has 1 aromatic heterocycles. The second-order valence-electron chi connectivity index (χ2n) is 4.72. The molecule has 0 aliphatic carbocycles. The smallest absolute Gasteiger partial charge is 0.408 e. The highest BCUT2D eigenvalue weighted by Gasteiger charge is 2.05.